The summed E-state index contributed by atoms with van der Waals surface area (Å²) in [5.41, 5.74) is 8.08. The quantitative estimate of drug-likeness (QED) is 0.858. The van der Waals surface area contributed by atoms with Crippen molar-refractivity contribution in [2.24, 2.45) is 5.73 Å². The Balaban J connectivity index is 2.26. The van der Waals surface area contributed by atoms with Crippen LogP contribution < -0.4 is 10.5 Å². The number of aromatic hydroxyl groups is 1. The number of phenolic OH excluding ortho intramolecular Hbond substituents is 1. The molecule has 0 fully saturated rings. The maximum Gasteiger partial charge on any atom is 0.176 e. The van der Waals surface area contributed by atoms with E-state index in [4.69, 9.17) is 22.1 Å². The van der Waals surface area contributed by atoms with E-state index in [1.807, 2.05) is 25.2 Å². The Morgan fingerprint density at radius 2 is 1.95 bits per heavy atom. The van der Waals surface area contributed by atoms with Gasteiger partial charge in [-0.2, -0.15) is 0 Å². The number of rotatable bonds is 6. The van der Waals surface area contributed by atoms with Gasteiger partial charge < -0.3 is 15.6 Å². The van der Waals surface area contributed by atoms with Gasteiger partial charge in [-0.05, 0) is 30.3 Å². The molecule has 2 rings (SSSR count). The second-order valence-corrected chi connectivity index (χ2v) is 5.61. The molecule has 2 aromatic rings. The third-order valence-corrected chi connectivity index (χ3v) is 3.97. The Bertz CT molecular complexity index is 620. The van der Waals surface area contributed by atoms with Gasteiger partial charge in [0.15, 0.2) is 11.5 Å². The van der Waals surface area contributed by atoms with E-state index in [0.29, 0.717) is 12.3 Å². The van der Waals surface area contributed by atoms with Crippen LogP contribution >= 0.6 is 11.6 Å². The summed E-state index contributed by atoms with van der Waals surface area (Å²) >= 11 is 6.07. The zero-order valence-corrected chi connectivity index (χ0v) is 13.5. The van der Waals surface area contributed by atoms with Crippen LogP contribution in [0.25, 0.3) is 0 Å². The molecule has 1 unspecified atom stereocenters. The van der Waals surface area contributed by atoms with E-state index in [0.717, 1.165) is 12.1 Å². The van der Waals surface area contributed by atoms with E-state index in [1.165, 1.54) is 12.7 Å². The van der Waals surface area contributed by atoms with Crippen molar-refractivity contribution in [2.45, 2.75) is 12.6 Å². The lowest BCUT2D eigenvalue weighted by Crippen LogP contribution is -2.30. The maximum absolute atomic E-state index is 9.85. The number of nitrogens with zero attached hydrogens (tertiary/aromatic N) is 1. The van der Waals surface area contributed by atoms with Crippen molar-refractivity contribution in [3.05, 3.63) is 58.6 Å². The first-order chi connectivity index (χ1) is 10.6. The molecular formula is C17H21ClN2O2. The van der Waals surface area contributed by atoms with Gasteiger partial charge in [0.05, 0.1) is 12.1 Å². The minimum absolute atomic E-state index is 0.0211. The van der Waals surface area contributed by atoms with Gasteiger partial charge in [0, 0.05) is 19.1 Å². The molecule has 0 amide bonds. The number of phenols is 1. The van der Waals surface area contributed by atoms with E-state index in [-0.39, 0.29) is 16.8 Å². The number of nitrogens with two attached hydrogens (primary N) is 1. The number of halogens is 1. The summed E-state index contributed by atoms with van der Waals surface area (Å²) in [5, 5.41) is 10.1. The molecule has 0 radical (unpaired) electrons. The van der Waals surface area contributed by atoms with Gasteiger partial charge in [-0.1, -0.05) is 41.9 Å². The molecule has 118 valence electrons. The van der Waals surface area contributed by atoms with Gasteiger partial charge in [0.2, 0.25) is 0 Å². The number of likely N-dealkylation sites (N-methyl/N-ethyl adjacent to an activating group) is 1. The van der Waals surface area contributed by atoms with Crippen LogP contribution in [0.15, 0.2) is 42.5 Å². The van der Waals surface area contributed by atoms with E-state index in [2.05, 4.69) is 17.0 Å². The molecule has 0 aliphatic carbocycles. The highest BCUT2D eigenvalue weighted by Crippen LogP contribution is 2.37. The van der Waals surface area contributed by atoms with Crippen LogP contribution in [0.3, 0.4) is 0 Å². The van der Waals surface area contributed by atoms with Crippen molar-refractivity contribution in [2.75, 3.05) is 20.7 Å². The number of hydrogen-bond acceptors (Lipinski definition) is 4. The van der Waals surface area contributed by atoms with Crippen LogP contribution in [0.5, 0.6) is 11.5 Å². The second kappa shape index (κ2) is 7.49. The SMILES string of the molecule is COc1cc(C(CN)N(C)Cc2ccccc2)cc(Cl)c1O. The first kappa shape index (κ1) is 16.6. The second-order valence-electron chi connectivity index (χ2n) is 5.21. The van der Waals surface area contributed by atoms with Crippen molar-refractivity contribution in [1.82, 2.24) is 4.90 Å². The minimum atomic E-state index is -0.0469. The molecule has 0 saturated heterocycles. The predicted octanol–water partition coefficient (Wildman–Crippen LogP) is 3.19. The molecule has 5 heteroatoms. The predicted molar refractivity (Wildman–Crippen MR) is 89.4 cm³/mol. The fraction of sp³-hybridized carbons (Fsp3) is 0.294. The van der Waals surface area contributed by atoms with Gasteiger partial charge in [-0.3, -0.25) is 4.90 Å². The molecule has 0 heterocycles. The molecule has 0 spiro atoms. The van der Waals surface area contributed by atoms with Crippen molar-refractivity contribution >= 4 is 11.6 Å². The van der Waals surface area contributed by atoms with Gasteiger partial charge in [-0.15, -0.1) is 0 Å². The van der Waals surface area contributed by atoms with Crippen molar-refractivity contribution < 1.29 is 9.84 Å². The first-order valence-electron chi connectivity index (χ1n) is 7.07. The third-order valence-electron chi connectivity index (χ3n) is 3.69. The largest absolute Gasteiger partial charge is 0.503 e. The Labute approximate surface area is 136 Å². The topological polar surface area (TPSA) is 58.7 Å². The highest BCUT2D eigenvalue weighted by atomic mass is 35.5. The van der Waals surface area contributed by atoms with Crippen LogP contribution in [0.2, 0.25) is 5.02 Å². The molecule has 2 aromatic carbocycles. The van der Waals surface area contributed by atoms with Gasteiger partial charge in [0.1, 0.15) is 0 Å². The van der Waals surface area contributed by atoms with Crippen LogP contribution in [0, 0.1) is 0 Å². The average molecular weight is 321 g/mol. The molecular weight excluding hydrogens is 300 g/mol. The van der Waals surface area contributed by atoms with E-state index < -0.39 is 0 Å². The fourth-order valence-corrected chi connectivity index (χ4v) is 2.71. The molecule has 4 nitrogen and oxygen atoms in total. The summed E-state index contributed by atoms with van der Waals surface area (Å²) in [4.78, 5) is 2.15. The van der Waals surface area contributed by atoms with Crippen molar-refractivity contribution in [3.63, 3.8) is 0 Å². The van der Waals surface area contributed by atoms with Crippen LogP contribution in [0.4, 0.5) is 0 Å². The summed E-state index contributed by atoms with van der Waals surface area (Å²) in [6, 6.07) is 13.7. The molecule has 0 aliphatic heterocycles. The first-order valence-corrected chi connectivity index (χ1v) is 7.45. The standard InChI is InChI=1S/C17H21ClN2O2/c1-20(11-12-6-4-3-5-7-12)15(10-19)13-8-14(18)17(21)16(9-13)22-2/h3-9,15,21H,10-11,19H2,1-2H3. The summed E-state index contributed by atoms with van der Waals surface area (Å²) in [6.07, 6.45) is 0. The molecule has 1 atom stereocenters. The third kappa shape index (κ3) is 3.71. The molecule has 22 heavy (non-hydrogen) atoms. The van der Waals surface area contributed by atoms with E-state index in [1.54, 1.807) is 12.1 Å². The molecule has 0 aliphatic rings. The summed E-state index contributed by atoms with van der Waals surface area (Å²) in [6.45, 7) is 1.21. The molecule has 0 bridgehead atoms. The Kier molecular flexibility index (Phi) is 5.66. The maximum atomic E-state index is 9.85. The number of ether oxygens (including phenoxy) is 1. The van der Waals surface area contributed by atoms with E-state index in [9.17, 15) is 5.11 Å². The Morgan fingerprint density at radius 1 is 1.27 bits per heavy atom. The van der Waals surface area contributed by atoms with Crippen LogP contribution in [-0.4, -0.2) is 30.7 Å². The number of benzene rings is 2. The lowest BCUT2D eigenvalue weighted by Gasteiger charge is -2.28. The van der Waals surface area contributed by atoms with Crippen molar-refractivity contribution in [1.29, 1.82) is 0 Å². The fourth-order valence-electron chi connectivity index (χ4n) is 2.49. The van der Waals surface area contributed by atoms with E-state index >= 15 is 0 Å². The summed E-state index contributed by atoms with van der Waals surface area (Å²) in [5.74, 6) is 0.309. The lowest BCUT2D eigenvalue weighted by molar-refractivity contribution is 0.241. The van der Waals surface area contributed by atoms with Crippen LogP contribution in [0.1, 0.15) is 17.2 Å². The van der Waals surface area contributed by atoms with Gasteiger partial charge >= 0.3 is 0 Å². The Hall–Kier alpha value is -1.75. The number of hydrogen-bond donors (Lipinski definition) is 2. The normalized spacial score (nSPS) is 12.4. The summed E-state index contributed by atoms with van der Waals surface area (Å²) < 4.78 is 5.17. The summed E-state index contributed by atoms with van der Waals surface area (Å²) in [7, 11) is 3.51. The lowest BCUT2D eigenvalue weighted by atomic mass is 10.0. The zero-order valence-electron chi connectivity index (χ0n) is 12.8. The van der Waals surface area contributed by atoms with Gasteiger partial charge in [-0.25, -0.2) is 0 Å². The molecule has 3 N–H and O–H groups in total. The smallest absolute Gasteiger partial charge is 0.176 e. The average Bonchev–Trinajstić information content (AvgIpc) is 2.52. The highest BCUT2D eigenvalue weighted by molar-refractivity contribution is 6.32. The number of methoxy groups -OCH3 is 1. The highest BCUT2D eigenvalue weighted by Gasteiger charge is 2.19. The van der Waals surface area contributed by atoms with Crippen molar-refractivity contribution in [3.8, 4) is 11.5 Å². The monoisotopic (exact) mass is 320 g/mol. The Morgan fingerprint density at radius 3 is 2.55 bits per heavy atom. The minimum Gasteiger partial charge on any atom is -0.503 e. The van der Waals surface area contributed by atoms with Crippen LogP contribution in [-0.2, 0) is 6.54 Å². The molecule has 0 aromatic heterocycles. The zero-order chi connectivity index (χ0) is 16.1. The van der Waals surface area contributed by atoms with Gasteiger partial charge in [0.25, 0.3) is 0 Å². The molecule has 0 saturated carbocycles.